The minimum atomic E-state index is -1.26. The Bertz CT molecular complexity index is 147. The van der Waals surface area contributed by atoms with Gasteiger partial charge in [-0.2, -0.15) is 0 Å². The Morgan fingerprint density at radius 1 is 1.73 bits per heavy atom. The lowest BCUT2D eigenvalue weighted by Crippen LogP contribution is -2.56. The third-order valence-corrected chi connectivity index (χ3v) is 1.86. The third-order valence-electron chi connectivity index (χ3n) is 1.86. The second-order valence-electron chi connectivity index (χ2n) is 2.84. The van der Waals surface area contributed by atoms with Crippen molar-refractivity contribution >= 4 is 5.97 Å². The van der Waals surface area contributed by atoms with Crippen molar-refractivity contribution in [2.24, 2.45) is 11.7 Å². The molecular formula is C7H15NO3. The minimum absolute atomic E-state index is 0.139. The van der Waals surface area contributed by atoms with E-state index in [1.165, 1.54) is 7.11 Å². The molecule has 0 unspecified atom stereocenters. The van der Waals surface area contributed by atoms with E-state index in [1.54, 1.807) is 13.8 Å². The molecule has 66 valence electrons. The van der Waals surface area contributed by atoms with Gasteiger partial charge in [0, 0.05) is 0 Å². The molecule has 0 aromatic heterocycles. The van der Waals surface area contributed by atoms with Crippen LogP contribution < -0.4 is 5.73 Å². The Morgan fingerprint density at radius 3 is 2.27 bits per heavy atom. The number of aliphatic hydroxyl groups is 1. The topological polar surface area (TPSA) is 72.5 Å². The molecule has 0 saturated carbocycles. The van der Waals surface area contributed by atoms with E-state index in [0.29, 0.717) is 0 Å². The highest BCUT2D eigenvalue weighted by Gasteiger charge is 2.37. The molecule has 11 heavy (non-hydrogen) atoms. The molecule has 0 fully saturated rings. The number of rotatable bonds is 3. The predicted octanol–water partition coefficient (Wildman–Crippen LogP) is -0.495. The molecule has 0 aliphatic carbocycles. The van der Waals surface area contributed by atoms with Crippen molar-refractivity contribution in [2.45, 2.75) is 19.4 Å². The van der Waals surface area contributed by atoms with Gasteiger partial charge in [0.2, 0.25) is 0 Å². The molecular weight excluding hydrogens is 146 g/mol. The number of carbonyl (C=O) groups is 1. The molecule has 0 aromatic carbocycles. The van der Waals surface area contributed by atoms with Crippen molar-refractivity contribution in [1.82, 2.24) is 0 Å². The van der Waals surface area contributed by atoms with Crippen LogP contribution in [0.1, 0.15) is 13.8 Å². The van der Waals surface area contributed by atoms with Gasteiger partial charge in [0.1, 0.15) is 5.54 Å². The molecule has 0 bridgehead atoms. The van der Waals surface area contributed by atoms with E-state index in [0.717, 1.165) is 0 Å². The van der Waals surface area contributed by atoms with E-state index >= 15 is 0 Å². The summed E-state index contributed by atoms with van der Waals surface area (Å²) in [6.07, 6.45) is 0. The SMILES string of the molecule is COC(=O)[C@](N)(CO)C(C)C. The maximum atomic E-state index is 11.0. The Hall–Kier alpha value is -0.610. The van der Waals surface area contributed by atoms with Crippen molar-refractivity contribution in [3.63, 3.8) is 0 Å². The molecule has 3 N–H and O–H groups in total. The van der Waals surface area contributed by atoms with Gasteiger partial charge in [-0.05, 0) is 5.92 Å². The molecule has 0 aliphatic rings. The van der Waals surface area contributed by atoms with Crippen LogP contribution in [-0.2, 0) is 9.53 Å². The van der Waals surface area contributed by atoms with Crippen molar-refractivity contribution < 1.29 is 14.6 Å². The van der Waals surface area contributed by atoms with E-state index in [2.05, 4.69) is 4.74 Å². The lowest BCUT2D eigenvalue weighted by atomic mass is 9.88. The van der Waals surface area contributed by atoms with Gasteiger partial charge < -0.3 is 15.6 Å². The fourth-order valence-electron chi connectivity index (χ4n) is 0.673. The molecule has 0 radical (unpaired) electrons. The van der Waals surface area contributed by atoms with E-state index < -0.39 is 18.1 Å². The van der Waals surface area contributed by atoms with E-state index in [1.807, 2.05) is 0 Å². The molecule has 4 heteroatoms. The molecule has 0 rings (SSSR count). The standard InChI is InChI=1S/C7H15NO3/c1-5(2)7(8,4-9)6(10)11-3/h5,9H,4,8H2,1-3H3/t7-/m0/s1. The number of ether oxygens (including phenoxy) is 1. The zero-order valence-electron chi connectivity index (χ0n) is 7.13. The van der Waals surface area contributed by atoms with Crippen LogP contribution in [-0.4, -0.2) is 30.3 Å². The van der Waals surface area contributed by atoms with Crippen molar-refractivity contribution in [3.8, 4) is 0 Å². The molecule has 1 atom stereocenters. The van der Waals surface area contributed by atoms with Gasteiger partial charge in [0.25, 0.3) is 0 Å². The summed E-state index contributed by atoms with van der Waals surface area (Å²) in [5, 5.41) is 8.83. The number of aliphatic hydroxyl groups excluding tert-OH is 1. The molecule has 0 spiro atoms. The van der Waals surface area contributed by atoms with Crippen LogP contribution >= 0.6 is 0 Å². The van der Waals surface area contributed by atoms with Crippen LogP contribution in [0, 0.1) is 5.92 Å². The summed E-state index contributed by atoms with van der Waals surface area (Å²) in [5.41, 5.74) is 4.31. The Labute approximate surface area is 66.3 Å². The second kappa shape index (κ2) is 3.69. The molecule has 0 amide bonds. The quantitative estimate of drug-likeness (QED) is 0.547. The third kappa shape index (κ3) is 1.91. The van der Waals surface area contributed by atoms with E-state index in [4.69, 9.17) is 10.8 Å². The lowest BCUT2D eigenvalue weighted by Gasteiger charge is -2.27. The second-order valence-corrected chi connectivity index (χ2v) is 2.84. The monoisotopic (exact) mass is 161 g/mol. The summed E-state index contributed by atoms with van der Waals surface area (Å²) in [6, 6.07) is 0. The minimum Gasteiger partial charge on any atom is -0.468 e. The number of methoxy groups -OCH3 is 1. The highest BCUT2D eigenvalue weighted by molar-refractivity contribution is 5.80. The average Bonchev–Trinajstić information content (AvgIpc) is 2.01. The van der Waals surface area contributed by atoms with Gasteiger partial charge in [-0.1, -0.05) is 13.8 Å². The van der Waals surface area contributed by atoms with Crippen molar-refractivity contribution in [2.75, 3.05) is 13.7 Å². The first kappa shape index (κ1) is 10.4. The summed E-state index contributed by atoms with van der Waals surface area (Å²) in [7, 11) is 1.25. The zero-order chi connectivity index (χ0) is 9.07. The molecule has 0 saturated heterocycles. The molecule has 0 aromatic rings. The van der Waals surface area contributed by atoms with Gasteiger partial charge in [-0.15, -0.1) is 0 Å². The van der Waals surface area contributed by atoms with Crippen LogP contribution in [0.2, 0.25) is 0 Å². The highest BCUT2D eigenvalue weighted by Crippen LogP contribution is 2.14. The fourth-order valence-corrected chi connectivity index (χ4v) is 0.673. The average molecular weight is 161 g/mol. The summed E-state index contributed by atoms with van der Waals surface area (Å²) < 4.78 is 4.44. The highest BCUT2D eigenvalue weighted by atomic mass is 16.5. The van der Waals surface area contributed by atoms with Crippen LogP contribution in [0.4, 0.5) is 0 Å². The predicted molar refractivity (Wildman–Crippen MR) is 40.9 cm³/mol. The molecule has 0 heterocycles. The fraction of sp³-hybridized carbons (Fsp3) is 0.857. The molecule has 4 nitrogen and oxygen atoms in total. The Balaban J connectivity index is 4.45. The maximum Gasteiger partial charge on any atom is 0.328 e. The van der Waals surface area contributed by atoms with E-state index in [9.17, 15) is 4.79 Å². The summed E-state index contributed by atoms with van der Waals surface area (Å²) in [5.74, 6) is -0.713. The number of nitrogens with two attached hydrogens (primary N) is 1. The summed E-state index contributed by atoms with van der Waals surface area (Å²) >= 11 is 0. The Morgan fingerprint density at radius 2 is 2.18 bits per heavy atom. The van der Waals surface area contributed by atoms with Crippen LogP contribution in [0.15, 0.2) is 0 Å². The van der Waals surface area contributed by atoms with Crippen LogP contribution in [0.25, 0.3) is 0 Å². The van der Waals surface area contributed by atoms with Gasteiger partial charge in [-0.3, -0.25) is 0 Å². The number of hydrogen-bond donors (Lipinski definition) is 2. The summed E-state index contributed by atoms with van der Waals surface area (Å²) in [4.78, 5) is 11.0. The lowest BCUT2D eigenvalue weighted by molar-refractivity contribution is -0.150. The number of esters is 1. The largest absolute Gasteiger partial charge is 0.468 e. The summed E-state index contributed by atoms with van der Waals surface area (Å²) in [6.45, 7) is 3.12. The zero-order valence-corrected chi connectivity index (χ0v) is 7.13. The first-order chi connectivity index (χ1) is 4.99. The smallest absolute Gasteiger partial charge is 0.328 e. The van der Waals surface area contributed by atoms with Crippen LogP contribution in [0.3, 0.4) is 0 Å². The normalized spacial score (nSPS) is 16.2. The first-order valence-corrected chi connectivity index (χ1v) is 3.47. The van der Waals surface area contributed by atoms with Crippen LogP contribution in [0.5, 0.6) is 0 Å². The van der Waals surface area contributed by atoms with E-state index in [-0.39, 0.29) is 5.92 Å². The maximum absolute atomic E-state index is 11.0. The van der Waals surface area contributed by atoms with Gasteiger partial charge in [0.05, 0.1) is 13.7 Å². The number of carbonyl (C=O) groups excluding carboxylic acids is 1. The molecule has 0 aliphatic heterocycles. The Kier molecular flexibility index (Phi) is 3.48. The van der Waals surface area contributed by atoms with Crippen molar-refractivity contribution in [1.29, 1.82) is 0 Å². The number of hydrogen-bond acceptors (Lipinski definition) is 4. The first-order valence-electron chi connectivity index (χ1n) is 3.47. The van der Waals surface area contributed by atoms with Gasteiger partial charge in [-0.25, -0.2) is 4.79 Å². The van der Waals surface area contributed by atoms with Gasteiger partial charge >= 0.3 is 5.97 Å². The van der Waals surface area contributed by atoms with Crippen molar-refractivity contribution in [3.05, 3.63) is 0 Å². The van der Waals surface area contributed by atoms with Gasteiger partial charge in [0.15, 0.2) is 0 Å².